The van der Waals surface area contributed by atoms with E-state index in [2.05, 4.69) is 20.1 Å². The lowest BCUT2D eigenvalue weighted by atomic mass is 10.2. The lowest BCUT2D eigenvalue weighted by molar-refractivity contribution is -0.136. The van der Waals surface area contributed by atoms with Crippen molar-refractivity contribution in [1.29, 1.82) is 0 Å². The molecule has 3 heterocycles. The molecule has 176 valence electrons. The van der Waals surface area contributed by atoms with E-state index in [-0.39, 0.29) is 35.2 Å². The van der Waals surface area contributed by atoms with Crippen molar-refractivity contribution in [2.45, 2.75) is 17.7 Å². The third kappa shape index (κ3) is 4.22. The van der Waals surface area contributed by atoms with Crippen LogP contribution >= 0.6 is 0 Å². The summed E-state index contributed by atoms with van der Waals surface area (Å²) in [5.74, 6) is -0.769. The first kappa shape index (κ1) is 22.2. The van der Waals surface area contributed by atoms with Crippen LogP contribution in [0, 0.1) is 0 Å². The monoisotopic (exact) mass is 490 g/mol. The molecule has 4 aromatic rings. The highest BCUT2D eigenvalue weighted by Gasteiger charge is 2.30. The molecule has 0 radical (unpaired) electrons. The van der Waals surface area contributed by atoms with Gasteiger partial charge in [-0.15, -0.1) is 0 Å². The summed E-state index contributed by atoms with van der Waals surface area (Å²) in [7, 11) is -3.93. The van der Waals surface area contributed by atoms with Gasteiger partial charge in [0.25, 0.3) is 15.6 Å². The van der Waals surface area contributed by atoms with Crippen molar-refractivity contribution in [3.8, 4) is 5.69 Å². The first-order valence-electron chi connectivity index (χ1n) is 10.5. The maximum atomic E-state index is 13.4. The second-order valence-electron chi connectivity index (χ2n) is 7.64. The Labute approximate surface area is 199 Å². The maximum Gasteiger partial charge on any atom is 0.267 e. The first-order chi connectivity index (χ1) is 16.8. The molecule has 2 aromatic carbocycles. The molecule has 0 saturated carbocycles. The molecule has 12 heteroatoms. The predicted octanol–water partition coefficient (Wildman–Crippen LogP) is 2.06. The van der Waals surface area contributed by atoms with E-state index in [4.69, 9.17) is 0 Å². The van der Waals surface area contributed by atoms with Crippen LogP contribution in [0.2, 0.25) is 0 Å². The summed E-state index contributed by atoms with van der Waals surface area (Å²) in [5.41, 5.74) is 2.86. The summed E-state index contributed by atoms with van der Waals surface area (Å²) >= 11 is 0. The maximum absolute atomic E-state index is 13.4. The molecule has 0 aliphatic carbocycles. The molecule has 1 aliphatic heterocycles. The number of hydrogen-bond donors (Lipinski definition) is 2. The zero-order valence-electron chi connectivity index (χ0n) is 18.1. The number of nitrogens with zero attached hydrogens (tertiary/aromatic N) is 4. The molecule has 2 N–H and O–H groups in total. The molecule has 1 fully saturated rings. The highest BCUT2D eigenvalue weighted by molar-refractivity contribution is 7.92. The van der Waals surface area contributed by atoms with Crippen LogP contribution < -0.4 is 15.7 Å². The average molecular weight is 491 g/mol. The number of fused-ring (bicyclic) bond motifs is 1. The molecular weight excluding hydrogens is 472 g/mol. The number of sulfonamides is 1. The van der Waals surface area contributed by atoms with E-state index in [1.54, 1.807) is 36.4 Å². The summed E-state index contributed by atoms with van der Waals surface area (Å²) in [6, 6.07) is 17.0. The van der Waals surface area contributed by atoms with Crippen molar-refractivity contribution in [2.24, 2.45) is 0 Å². The van der Waals surface area contributed by atoms with Crippen LogP contribution in [0.25, 0.3) is 16.6 Å². The fourth-order valence-corrected chi connectivity index (χ4v) is 4.65. The number of hydrogen-bond acceptors (Lipinski definition) is 8. The Balaban J connectivity index is 1.57. The largest absolute Gasteiger partial charge is 0.273 e. The van der Waals surface area contributed by atoms with Gasteiger partial charge in [-0.3, -0.25) is 24.5 Å². The summed E-state index contributed by atoms with van der Waals surface area (Å²) in [4.78, 5) is 46.0. The highest BCUT2D eigenvalue weighted by Crippen LogP contribution is 2.21. The van der Waals surface area contributed by atoms with Crippen molar-refractivity contribution in [3.63, 3.8) is 0 Å². The molecular formula is C23H18N6O5S. The number of imide groups is 1. The molecule has 1 aliphatic rings. The van der Waals surface area contributed by atoms with Crippen molar-refractivity contribution in [1.82, 2.24) is 19.5 Å². The van der Waals surface area contributed by atoms with Crippen LogP contribution in [0.5, 0.6) is 0 Å². The Kier molecular flexibility index (Phi) is 5.49. The Morgan fingerprint density at radius 2 is 1.51 bits per heavy atom. The summed E-state index contributed by atoms with van der Waals surface area (Å²) in [6.07, 6.45) is 1.57. The number of carbonyl (C=O) groups excluding carboxylic acids is 2. The number of hydrazine groups is 1. The minimum Gasteiger partial charge on any atom is -0.273 e. The molecule has 0 unspecified atom stereocenters. The molecule has 0 spiro atoms. The van der Waals surface area contributed by atoms with Crippen LogP contribution in [0.1, 0.15) is 12.8 Å². The molecule has 1 saturated heterocycles. The van der Waals surface area contributed by atoms with Gasteiger partial charge < -0.3 is 0 Å². The van der Waals surface area contributed by atoms with E-state index in [0.29, 0.717) is 10.9 Å². The SMILES string of the molecule is O=C1CCC(=O)N1Nc1nc2ccccc2c(=O)n1-c1ccc(S(=O)(=O)Nc2ccccn2)cc1. The third-order valence-corrected chi connectivity index (χ3v) is 6.72. The Morgan fingerprint density at radius 3 is 2.20 bits per heavy atom. The Morgan fingerprint density at radius 1 is 0.829 bits per heavy atom. The molecule has 2 amide bonds. The number of carbonyl (C=O) groups is 2. The van der Waals surface area contributed by atoms with Gasteiger partial charge in [-0.25, -0.2) is 23.0 Å². The van der Waals surface area contributed by atoms with E-state index in [0.717, 1.165) is 5.01 Å². The smallest absolute Gasteiger partial charge is 0.267 e. The number of nitrogens with one attached hydrogen (secondary N) is 2. The summed E-state index contributed by atoms with van der Waals surface area (Å²) in [5, 5.41) is 1.15. The van der Waals surface area contributed by atoms with E-state index < -0.39 is 27.4 Å². The molecule has 11 nitrogen and oxygen atoms in total. The Hall–Kier alpha value is -4.58. The standard InChI is InChI=1S/C23H18N6O5S/c30-20-12-13-21(31)29(20)26-23-25-18-6-2-1-5-17(18)22(32)28(23)15-8-10-16(11-9-15)35(33,34)27-19-7-3-4-14-24-19/h1-11,14H,12-13H2,(H,24,27)(H,25,26). The zero-order chi connectivity index (χ0) is 24.6. The van der Waals surface area contributed by atoms with Crippen LogP contribution in [-0.4, -0.2) is 39.8 Å². The van der Waals surface area contributed by atoms with Crippen molar-refractivity contribution in [3.05, 3.63) is 83.3 Å². The summed E-state index contributed by atoms with van der Waals surface area (Å²) in [6.45, 7) is 0. The minimum atomic E-state index is -3.93. The van der Waals surface area contributed by atoms with Gasteiger partial charge in [-0.1, -0.05) is 18.2 Å². The summed E-state index contributed by atoms with van der Waals surface area (Å²) < 4.78 is 29.0. The molecule has 0 atom stereocenters. The molecule has 2 aromatic heterocycles. The van der Waals surface area contributed by atoms with Crippen LogP contribution in [-0.2, 0) is 19.6 Å². The van der Waals surface area contributed by atoms with Gasteiger partial charge in [-0.05, 0) is 48.5 Å². The lowest BCUT2D eigenvalue weighted by Crippen LogP contribution is -2.38. The van der Waals surface area contributed by atoms with Gasteiger partial charge in [0.15, 0.2) is 0 Å². The Bertz CT molecular complexity index is 1600. The zero-order valence-corrected chi connectivity index (χ0v) is 18.9. The van der Waals surface area contributed by atoms with E-state index >= 15 is 0 Å². The van der Waals surface area contributed by atoms with Gasteiger partial charge in [-0.2, -0.15) is 5.01 Å². The second kappa shape index (κ2) is 8.65. The highest BCUT2D eigenvalue weighted by atomic mass is 32.2. The number of pyridine rings is 1. The number of para-hydroxylation sites is 1. The number of amides is 2. The van der Waals surface area contributed by atoms with Crippen molar-refractivity contribution < 1.29 is 18.0 Å². The number of anilines is 2. The van der Waals surface area contributed by atoms with Crippen LogP contribution in [0.3, 0.4) is 0 Å². The lowest BCUT2D eigenvalue weighted by Gasteiger charge is -2.20. The average Bonchev–Trinajstić information content (AvgIpc) is 3.17. The van der Waals surface area contributed by atoms with Gasteiger partial charge >= 0.3 is 0 Å². The van der Waals surface area contributed by atoms with Crippen molar-refractivity contribution in [2.75, 3.05) is 10.1 Å². The quantitative estimate of drug-likeness (QED) is 0.391. The van der Waals surface area contributed by atoms with E-state index in [1.807, 2.05) is 0 Å². The predicted molar refractivity (Wildman–Crippen MR) is 127 cm³/mol. The normalized spacial score (nSPS) is 13.9. The van der Waals surface area contributed by atoms with Crippen LogP contribution in [0.4, 0.5) is 11.8 Å². The topological polar surface area (TPSA) is 143 Å². The van der Waals surface area contributed by atoms with Crippen molar-refractivity contribution >= 4 is 44.5 Å². The molecule has 0 bridgehead atoms. The van der Waals surface area contributed by atoms with Gasteiger partial charge in [0.2, 0.25) is 17.8 Å². The van der Waals surface area contributed by atoms with Gasteiger partial charge in [0.05, 0.1) is 21.5 Å². The minimum absolute atomic E-state index is 0.0480. The van der Waals surface area contributed by atoms with Gasteiger partial charge in [0, 0.05) is 19.0 Å². The number of aromatic nitrogens is 3. The number of benzene rings is 2. The number of rotatable bonds is 6. The molecule has 35 heavy (non-hydrogen) atoms. The van der Waals surface area contributed by atoms with E-state index in [9.17, 15) is 22.8 Å². The van der Waals surface area contributed by atoms with Crippen LogP contribution in [0.15, 0.2) is 82.6 Å². The van der Waals surface area contributed by atoms with E-state index in [1.165, 1.54) is 41.1 Å². The second-order valence-corrected chi connectivity index (χ2v) is 9.32. The fourth-order valence-electron chi connectivity index (χ4n) is 3.64. The first-order valence-corrected chi connectivity index (χ1v) is 12.0. The third-order valence-electron chi connectivity index (χ3n) is 5.35. The fraction of sp³-hybridized carbons (Fsp3) is 0.0870. The molecule has 5 rings (SSSR count). The van der Waals surface area contributed by atoms with Gasteiger partial charge in [0.1, 0.15) is 5.82 Å².